The van der Waals surface area contributed by atoms with Crippen molar-refractivity contribution in [1.82, 2.24) is 14.8 Å². The van der Waals surface area contributed by atoms with Crippen LogP contribution in [0.2, 0.25) is 5.02 Å². The van der Waals surface area contributed by atoms with E-state index in [0.717, 1.165) is 27.7 Å². The second-order valence-electron chi connectivity index (χ2n) is 7.82. The molecule has 1 fully saturated rings. The zero-order chi connectivity index (χ0) is 23.2. The van der Waals surface area contributed by atoms with Gasteiger partial charge in [-0.05, 0) is 48.9 Å². The van der Waals surface area contributed by atoms with Crippen LogP contribution in [0.25, 0.3) is 0 Å². The number of thiazole rings is 1. The molecule has 1 N–H and O–H groups in total. The summed E-state index contributed by atoms with van der Waals surface area (Å²) in [6.45, 7) is 4.35. The van der Waals surface area contributed by atoms with E-state index in [1.54, 1.807) is 34.1 Å². The highest BCUT2D eigenvalue weighted by molar-refractivity contribution is 7.09. The minimum atomic E-state index is -0.141. The van der Waals surface area contributed by atoms with Gasteiger partial charge in [-0.25, -0.2) is 9.78 Å². The molecule has 7 nitrogen and oxygen atoms in total. The van der Waals surface area contributed by atoms with Crippen molar-refractivity contribution in [2.75, 3.05) is 31.5 Å². The van der Waals surface area contributed by atoms with E-state index >= 15 is 0 Å². The van der Waals surface area contributed by atoms with Crippen LogP contribution < -0.4 is 10.1 Å². The van der Waals surface area contributed by atoms with Crippen LogP contribution >= 0.6 is 22.9 Å². The Hall–Kier alpha value is -3.10. The zero-order valence-electron chi connectivity index (χ0n) is 18.3. The first kappa shape index (κ1) is 23.1. The molecule has 0 saturated carbocycles. The van der Waals surface area contributed by atoms with Crippen LogP contribution in [0.1, 0.15) is 16.3 Å². The van der Waals surface area contributed by atoms with Gasteiger partial charge in [0, 0.05) is 42.3 Å². The molecular weight excluding hydrogens is 460 g/mol. The average Bonchev–Trinajstić information content (AvgIpc) is 3.26. The molecule has 172 valence electrons. The van der Waals surface area contributed by atoms with Crippen LogP contribution in [0.4, 0.5) is 10.5 Å². The van der Waals surface area contributed by atoms with Gasteiger partial charge in [0.05, 0.1) is 12.1 Å². The molecule has 0 spiro atoms. The quantitative estimate of drug-likeness (QED) is 0.554. The molecule has 4 rings (SSSR count). The highest BCUT2D eigenvalue weighted by Gasteiger charge is 2.24. The summed E-state index contributed by atoms with van der Waals surface area (Å²) in [5.41, 5.74) is 2.60. The minimum Gasteiger partial charge on any atom is -0.486 e. The Bertz CT molecular complexity index is 1110. The standard InChI is InChI=1S/C24H25ClN4O3S/c1-17-3-2-4-19(13-17)27-24(31)29-11-9-28(10-12-29)23(30)14-20-16-33-22(26-20)15-32-21-7-5-18(25)6-8-21/h2-8,13,16H,9-12,14-15H2,1H3,(H,27,31). The van der Waals surface area contributed by atoms with Crippen molar-refractivity contribution in [3.8, 4) is 5.75 Å². The number of rotatable bonds is 6. The second kappa shape index (κ2) is 10.7. The number of carbonyl (C=O) groups excluding carboxylic acids is 2. The lowest BCUT2D eigenvalue weighted by Crippen LogP contribution is -2.52. The van der Waals surface area contributed by atoms with E-state index in [4.69, 9.17) is 16.3 Å². The molecule has 0 atom stereocenters. The number of amides is 3. The average molecular weight is 485 g/mol. The van der Waals surface area contributed by atoms with Gasteiger partial charge < -0.3 is 19.9 Å². The molecule has 0 bridgehead atoms. The fourth-order valence-electron chi connectivity index (χ4n) is 3.52. The van der Waals surface area contributed by atoms with Crippen LogP contribution in [0.15, 0.2) is 53.9 Å². The van der Waals surface area contributed by atoms with Crippen LogP contribution in [0.3, 0.4) is 0 Å². The van der Waals surface area contributed by atoms with Crippen molar-refractivity contribution in [1.29, 1.82) is 0 Å². The number of halogens is 1. The number of nitrogens with one attached hydrogen (secondary N) is 1. The smallest absolute Gasteiger partial charge is 0.321 e. The predicted octanol–water partition coefficient (Wildman–Crippen LogP) is 4.60. The van der Waals surface area contributed by atoms with Gasteiger partial charge in [0.1, 0.15) is 17.4 Å². The number of hydrogen-bond acceptors (Lipinski definition) is 5. The summed E-state index contributed by atoms with van der Waals surface area (Å²) in [4.78, 5) is 33.3. The summed E-state index contributed by atoms with van der Waals surface area (Å²) in [6.07, 6.45) is 0.243. The number of ether oxygens (including phenoxy) is 1. The third-order valence-corrected chi connectivity index (χ3v) is 6.42. The van der Waals surface area contributed by atoms with Crippen LogP contribution in [0.5, 0.6) is 5.75 Å². The molecule has 2 heterocycles. The number of piperazine rings is 1. The third-order valence-electron chi connectivity index (χ3n) is 5.30. The molecule has 0 aliphatic carbocycles. The highest BCUT2D eigenvalue weighted by atomic mass is 35.5. The molecule has 9 heteroatoms. The number of urea groups is 1. The summed E-state index contributed by atoms with van der Waals surface area (Å²) in [6, 6.07) is 14.7. The lowest BCUT2D eigenvalue weighted by atomic mass is 10.2. The van der Waals surface area contributed by atoms with Gasteiger partial charge in [0.2, 0.25) is 5.91 Å². The van der Waals surface area contributed by atoms with Gasteiger partial charge in [-0.2, -0.15) is 0 Å². The number of anilines is 1. The Morgan fingerprint density at radius 3 is 2.55 bits per heavy atom. The number of nitrogens with zero attached hydrogens (tertiary/aromatic N) is 3. The normalized spacial score (nSPS) is 13.6. The maximum absolute atomic E-state index is 12.7. The summed E-state index contributed by atoms with van der Waals surface area (Å²) < 4.78 is 5.72. The Morgan fingerprint density at radius 1 is 1.09 bits per heavy atom. The first-order valence-corrected chi connectivity index (χ1v) is 11.9. The maximum atomic E-state index is 12.7. The van der Waals surface area contributed by atoms with Crippen molar-refractivity contribution in [3.05, 3.63) is 75.2 Å². The molecule has 0 radical (unpaired) electrons. The largest absolute Gasteiger partial charge is 0.486 e. The topological polar surface area (TPSA) is 74.8 Å². The molecule has 0 unspecified atom stereocenters. The Kier molecular flexibility index (Phi) is 7.47. The molecule has 33 heavy (non-hydrogen) atoms. The fraction of sp³-hybridized carbons (Fsp3) is 0.292. The van der Waals surface area contributed by atoms with Gasteiger partial charge in [0.25, 0.3) is 0 Å². The number of carbonyl (C=O) groups is 2. The van der Waals surface area contributed by atoms with Crippen molar-refractivity contribution >= 4 is 40.6 Å². The lowest BCUT2D eigenvalue weighted by molar-refractivity contribution is -0.131. The van der Waals surface area contributed by atoms with E-state index in [1.165, 1.54) is 11.3 Å². The van der Waals surface area contributed by atoms with Gasteiger partial charge in [-0.15, -0.1) is 11.3 Å². The highest BCUT2D eigenvalue weighted by Crippen LogP contribution is 2.19. The molecule has 3 amide bonds. The van der Waals surface area contributed by atoms with Crippen molar-refractivity contribution < 1.29 is 14.3 Å². The number of aryl methyl sites for hydroxylation is 1. The van der Waals surface area contributed by atoms with E-state index in [-0.39, 0.29) is 18.4 Å². The Labute approximate surface area is 201 Å². The maximum Gasteiger partial charge on any atom is 0.321 e. The molecular formula is C24H25ClN4O3S. The van der Waals surface area contributed by atoms with Crippen molar-refractivity contribution in [3.63, 3.8) is 0 Å². The predicted molar refractivity (Wildman–Crippen MR) is 130 cm³/mol. The minimum absolute atomic E-state index is 0.0178. The van der Waals surface area contributed by atoms with Crippen LogP contribution in [-0.4, -0.2) is 52.9 Å². The number of hydrogen-bond donors (Lipinski definition) is 1. The van der Waals surface area contributed by atoms with E-state index in [9.17, 15) is 9.59 Å². The third kappa shape index (κ3) is 6.46. The molecule has 1 saturated heterocycles. The summed E-state index contributed by atoms with van der Waals surface area (Å²) in [7, 11) is 0. The van der Waals surface area contributed by atoms with Gasteiger partial charge in [0.15, 0.2) is 0 Å². The molecule has 1 aliphatic heterocycles. The monoisotopic (exact) mass is 484 g/mol. The zero-order valence-corrected chi connectivity index (χ0v) is 19.9. The molecule has 1 aliphatic rings. The SMILES string of the molecule is Cc1cccc(NC(=O)N2CCN(C(=O)Cc3csc(COc4ccc(Cl)cc4)n3)CC2)c1. The first-order valence-electron chi connectivity index (χ1n) is 10.7. The number of benzene rings is 2. The Morgan fingerprint density at radius 2 is 1.82 bits per heavy atom. The summed E-state index contributed by atoms with van der Waals surface area (Å²) in [5.74, 6) is 0.737. The van der Waals surface area contributed by atoms with Crippen LogP contribution in [-0.2, 0) is 17.8 Å². The molecule has 1 aromatic heterocycles. The van der Waals surface area contributed by atoms with Crippen LogP contribution in [0, 0.1) is 6.92 Å². The number of aromatic nitrogens is 1. The van der Waals surface area contributed by atoms with E-state index < -0.39 is 0 Å². The second-order valence-corrected chi connectivity index (χ2v) is 9.20. The summed E-state index contributed by atoms with van der Waals surface area (Å²) >= 11 is 7.35. The van der Waals surface area contributed by atoms with E-state index in [2.05, 4.69) is 10.3 Å². The Balaban J connectivity index is 1.22. The fourth-order valence-corrected chi connectivity index (χ4v) is 4.35. The molecule has 3 aromatic rings. The lowest BCUT2D eigenvalue weighted by Gasteiger charge is -2.34. The van der Waals surface area contributed by atoms with Crippen molar-refractivity contribution in [2.24, 2.45) is 0 Å². The first-order chi connectivity index (χ1) is 16.0. The van der Waals surface area contributed by atoms with Gasteiger partial charge in [-0.3, -0.25) is 4.79 Å². The summed E-state index contributed by atoms with van der Waals surface area (Å²) in [5, 5.41) is 6.28. The van der Waals surface area contributed by atoms with E-state index in [0.29, 0.717) is 37.8 Å². The van der Waals surface area contributed by atoms with Gasteiger partial charge >= 0.3 is 6.03 Å². The van der Waals surface area contributed by atoms with Crippen molar-refractivity contribution in [2.45, 2.75) is 20.0 Å². The van der Waals surface area contributed by atoms with E-state index in [1.807, 2.05) is 36.6 Å². The van der Waals surface area contributed by atoms with Gasteiger partial charge in [-0.1, -0.05) is 23.7 Å². The molecule has 2 aromatic carbocycles.